The Hall–Kier alpha value is -1.23. The zero-order chi connectivity index (χ0) is 20.3. The molecule has 0 radical (unpaired) electrons. The molecule has 1 aliphatic heterocycles. The summed E-state index contributed by atoms with van der Waals surface area (Å²) in [7, 11) is 0. The first kappa shape index (κ1) is 22.5. The second-order valence-corrected chi connectivity index (χ2v) is 9.38. The van der Waals surface area contributed by atoms with Crippen molar-refractivity contribution in [1.82, 2.24) is 4.98 Å². The molecule has 2 aromatic rings. The van der Waals surface area contributed by atoms with Crippen LogP contribution in [0.2, 0.25) is 0 Å². The highest BCUT2D eigenvalue weighted by Gasteiger charge is 2.24. The molecule has 29 heavy (non-hydrogen) atoms. The Morgan fingerprint density at radius 3 is 2.38 bits per heavy atom. The first-order chi connectivity index (χ1) is 14.3. The summed E-state index contributed by atoms with van der Waals surface area (Å²) >= 11 is 1.76. The van der Waals surface area contributed by atoms with Gasteiger partial charge in [-0.3, -0.25) is 4.98 Å². The number of rotatable bonds is 12. The average molecular weight is 416 g/mol. The third-order valence-corrected chi connectivity index (χ3v) is 6.84. The second-order valence-electron chi connectivity index (χ2n) is 8.26. The van der Waals surface area contributed by atoms with Gasteiger partial charge in [-0.25, -0.2) is 0 Å². The smallest absolute Gasteiger partial charge is 0.193 e. The molecule has 0 aromatic carbocycles. The standard InChI is InChI=1S/C25H37NO2S/c1-3-5-7-8-10-11-20-18-27-25(28-19-20)24-16-15-23(29-24)21-13-14-22(26-17-21)12-9-6-4-2/h13-17,20,25H,3-12,18-19H2,1-2H3/t20-,25-. The fourth-order valence-electron chi connectivity index (χ4n) is 3.82. The average Bonchev–Trinajstić information content (AvgIpc) is 3.25. The summed E-state index contributed by atoms with van der Waals surface area (Å²) in [4.78, 5) is 7.04. The number of aromatic nitrogens is 1. The largest absolute Gasteiger partial charge is 0.347 e. The first-order valence-electron chi connectivity index (χ1n) is 11.6. The van der Waals surface area contributed by atoms with Crippen molar-refractivity contribution in [3.63, 3.8) is 0 Å². The summed E-state index contributed by atoms with van der Waals surface area (Å²) in [5.74, 6) is 0.553. The van der Waals surface area contributed by atoms with Crippen LogP contribution in [0.5, 0.6) is 0 Å². The van der Waals surface area contributed by atoms with Gasteiger partial charge in [-0.05, 0) is 37.5 Å². The van der Waals surface area contributed by atoms with E-state index in [1.54, 1.807) is 11.3 Å². The van der Waals surface area contributed by atoms with Crippen LogP contribution < -0.4 is 0 Å². The van der Waals surface area contributed by atoms with Crippen molar-refractivity contribution < 1.29 is 9.47 Å². The van der Waals surface area contributed by atoms with Crippen LogP contribution in [-0.4, -0.2) is 18.2 Å². The topological polar surface area (TPSA) is 31.4 Å². The molecule has 0 spiro atoms. The summed E-state index contributed by atoms with van der Waals surface area (Å²) in [5, 5.41) is 0. The van der Waals surface area contributed by atoms with E-state index in [1.807, 2.05) is 6.20 Å². The van der Waals surface area contributed by atoms with E-state index in [1.165, 1.54) is 73.9 Å². The van der Waals surface area contributed by atoms with Crippen LogP contribution in [-0.2, 0) is 15.9 Å². The minimum Gasteiger partial charge on any atom is -0.347 e. The SMILES string of the molecule is CCCCCCC[C@H]1CO[C@H](c2ccc(-c3ccc(CCCCC)nc3)s2)OC1. The van der Waals surface area contributed by atoms with Crippen molar-refractivity contribution in [3.05, 3.63) is 41.0 Å². The molecule has 0 bridgehead atoms. The van der Waals surface area contributed by atoms with E-state index in [2.05, 4.69) is 43.1 Å². The van der Waals surface area contributed by atoms with Crippen LogP contribution in [0.1, 0.15) is 88.5 Å². The van der Waals surface area contributed by atoms with Gasteiger partial charge in [0.15, 0.2) is 6.29 Å². The molecule has 1 saturated heterocycles. The highest BCUT2D eigenvalue weighted by molar-refractivity contribution is 7.15. The summed E-state index contributed by atoms with van der Waals surface area (Å²) < 4.78 is 12.1. The van der Waals surface area contributed by atoms with Crippen LogP contribution in [0.15, 0.2) is 30.5 Å². The molecule has 160 valence electrons. The maximum atomic E-state index is 6.05. The molecule has 3 heterocycles. The Morgan fingerprint density at radius 2 is 1.66 bits per heavy atom. The Bertz CT molecular complexity index is 689. The van der Waals surface area contributed by atoms with Crippen LogP contribution in [0.4, 0.5) is 0 Å². The predicted molar refractivity (Wildman–Crippen MR) is 122 cm³/mol. The number of hydrogen-bond donors (Lipinski definition) is 0. The van der Waals surface area contributed by atoms with E-state index in [0.29, 0.717) is 5.92 Å². The molecule has 0 unspecified atom stereocenters. The number of aryl methyl sites for hydroxylation is 1. The fourth-order valence-corrected chi connectivity index (χ4v) is 4.82. The van der Waals surface area contributed by atoms with Crippen molar-refractivity contribution in [2.45, 2.75) is 84.3 Å². The van der Waals surface area contributed by atoms with Gasteiger partial charge in [0.2, 0.25) is 0 Å². The molecule has 1 aliphatic rings. The van der Waals surface area contributed by atoms with Crippen molar-refractivity contribution >= 4 is 11.3 Å². The molecule has 0 amide bonds. The van der Waals surface area contributed by atoms with Crippen LogP contribution in [0, 0.1) is 5.92 Å². The zero-order valence-corrected chi connectivity index (χ0v) is 19.0. The van der Waals surface area contributed by atoms with Crippen molar-refractivity contribution in [1.29, 1.82) is 0 Å². The quantitative estimate of drug-likeness (QED) is 0.335. The highest BCUT2D eigenvalue weighted by Crippen LogP contribution is 2.35. The Morgan fingerprint density at radius 1 is 0.897 bits per heavy atom. The van der Waals surface area contributed by atoms with E-state index in [9.17, 15) is 0 Å². The summed E-state index contributed by atoms with van der Waals surface area (Å²) in [5.41, 5.74) is 2.37. The summed E-state index contributed by atoms with van der Waals surface area (Å²) in [6.45, 7) is 6.14. The van der Waals surface area contributed by atoms with Crippen molar-refractivity contribution in [3.8, 4) is 10.4 Å². The monoisotopic (exact) mass is 415 g/mol. The first-order valence-corrected chi connectivity index (χ1v) is 12.4. The number of unbranched alkanes of at least 4 members (excludes halogenated alkanes) is 6. The lowest BCUT2D eigenvalue weighted by Crippen LogP contribution is -2.26. The Labute approximate surface area is 180 Å². The lowest BCUT2D eigenvalue weighted by molar-refractivity contribution is -0.204. The van der Waals surface area contributed by atoms with Gasteiger partial charge in [-0.2, -0.15) is 0 Å². The van der Waals surface area contributed by atoms with E-state index < -0.39 is 0 Å². The summed E-state index contributed by atoms with van der Waals surface area (Å²) in [6.07, 6.45) is 14.5. The molecule has 1 fully saturated rings. The number of thiophene rings is 1. The van der Waals surface area contributed by atoms with Crippen LogP contribution in [0.3, 0.4) is 0 Å². The van der Waals surface area contributed by atoms with E-state index in [0.717, 1.165) is 24.5 Å². The maximum absolute atomic E-state index is 6.05. The molecule has 0 saturated carbocycles. The fraction of sp³-hybridized carbons (Fsp3) is 0.640. The molecule has 0 atom stereocenters. The van der Waals surface area contributed by atoms with E-state index >= 15 is 0 Å². The lowest BCUT2D eigenvalue weighted by atomic mass is 10.0. The maximum Gasteiger partial charge on any atom is 0.193 e. The second kappa shape index (κ2) is 12.5. The number of ether oxygens (including phenoxy) is 2. The third kappa shape index (κ3) is 7.20. The van der Waals surface area contributed by atoms with Gasteiger partial charge in [0.05, 0.1) is 18.1 Å². The van der Waals surface area contributed by atoms with Gasteiger partial charge in [0.25, 0.3) is 0 Å². The minimum absolute atomic E-state index is 0.202. The number of nitrogens with zero attached hydrogens (tertiary/aromatic N) is 1. The van der Waals surface area contributed by atoms with E-state index in [-0.39, 0.29) is 6.29 Å². The van der Waals surface area contributed by atoms with Crippen molar-refractivity contribution in [2.24, 2.45) is 5.92 Å². The van der Waals surface area contributed by atoms with E-state index in [4.69, 9.17) is 9.47 Å². The molecular weight excluding hydrogens is 378 g/mol. The molecule has 3 rings (SSSR count). The van der Waals surface area contributed by atoms with Crippen LogP contribution in [0.25, 0.3) is 10.4 Å². The minimum atomic E-state index is -0.202. The molecule has 0 N–H and O–H groups in total. The van der Waals surface area contributed by atoms with Gasteiger partial charge in [0.1, 0.15) is 0 Å². The van der Waals surface area contributed by atoms with Crippen LogP contribution >= 0.6 is 11.3 Å². The van der Waals surface area contributed by atoms with Gasteiger partial charge >= 0.3 is 0 Å². The number of pyridine rings is 1. The summed E-state index contributed by atoms with van der Waals surface area (Å²) in [6, 6.07) is 8.68. The van der Waals surface area contributed by atoms with Gasteiger partial charge in [0, 0.05) is 28.2 Å². The molecule has 2 aromatic heterocycles. The predicted octanol–water partition coefficient (Wildman–Crippen LogP) is 7.56. The Balaban J connectivity index is 1.44. The Kier molecular flexibility index (Phi) is 9.65. The zero-order valence-electron chi connectivity index (χ0n) is 18.2. The van der Waals surface area contributed by atoms with Crippen molar-refractivity contribution in [2.75, 3.05) is 13.2 Å². The van der Waals surface area contributed by atoms with Gasteiger partial charge < -0.3 is 9.47 Å². The highest BCUT2D eigenvalue weighted by atomic mass is 32.1. The van der Waals surface area contributed by atoms with Gasteiger partial charge in [-0.15, -0.1) is 11.3 Å². The number of hydrogen-bond acceptors (Lipinski definition) is 4. The third-order valence-electron chi connectivity index (χ3n) is 5.69. The molecule has 0 aliphatic carbocycles. The van der Waals surface area contributed by atoms with Gasteiger partial charge in [-0.1, -0.05) is 64.9 Å². The lowest BCUT2D eigenvalue weighted by Gasteiger charge is -2.28. The normalized spacial score (nSPS) is 19.5. The molecule has 3 nitrogen and oxygen atoms in total. The molecular formula is C25H37NO2S. The molecule has 4 heteroatoms.